The van der Waals surface area contributed by atoms with Gasteiger partial charge in [-0.05, 0) is 93.2 Å². The quantitative estimate of drug-likeness (QED) is 0.167. The first kappa shape index (κ1) is 32.8. The number of fused-ring (bicyclic) bond motifs is 1. The highest BCUT2D eigenvalue weighted by Crippen LogP contribution is 2.25. The van der Waals surface area contributed by atoms with E-state index in [1.54, 1.807) is 18.3 Å². The Morgan fingerprint density at radius 1 is 0.977 bits per heavy atom. The minimum atomic E-state index is -0.967. The number of allylic oxidation sites excluding steroid dienone is 3. The number of benzene rings is 2. The highest BCUT2D eigenvalue weighted by molar-refractivity contribution is 7.86. The molecule has 0 bridgehead atoms. The van der Waals surface area contributed by atoms with Crippen LogP contribution in [0.3, 0.4) is 0 Å². The summed E-state index contributed by atoms with van der Waals surface area (Å²) in [5.41, 5.74) is 6.43. The Balaban J connectivity index is 0.000000359. The van der Waals surface area contributed by atoms with E-state index in [4.69, 9.17) is 0 Å². The number of nitrogens with zero attached hydrogens (tertiary/aromatic N) is 3. The molecule has 2 aromatic carbocycles. The largest absolute Gasteiger partial charge is 0.394 e. The first-order valence-corrected chi connectivity index (χ1v) is 15.3. The molecule has 1 aliphatic heterocycles. The topological polar surface area (TPSA) is 99.2 Å². The summed E-state index contributed by atoms with van der Waals surface area (Å²) in [4.78, 5) is 21.7. The molecule has 0 radical (unpaired) electrons. The zero-order valence-electron chi connectivity index (χ0n) is 25.2. The van der Waals surface area contributed by atoms with E-state index in [2.05, 4.69) is 32.5 Å². The van der Waals surface area contributed by atoms with Gasteiger partial charge in [0.05, 0.1) is 16.7 Å². The molecule has 8 nitrogen and oxygen atoms in total. The van der Waals surface area contributed by atoms with Crippen molar-refractivity contribution in [2.24, 2.45) is 0 Å². The number of rotatable bonds is 7. The van der Waals surface area contributed by atoms with Gasteiger partial charge in [-0.25, -0.2) is 9.19 Å². The molecule has 1 aliphatic rings. The Morgan fingerprint density at radius 2 is 1.74 bits per heavy atom. The fourth-order valence-electron chi connectivity index (χ4n) is 3.91. The van der Waals surface area contributed by atoms with Crippen molar-refractivity contribution in [2.45, 2.75) is 20.3 Å². The van der Waals surface area contributed by atoms with E-state index in [1.165, 1.54) is 0 Å². The van der Waals surface area contributed by atoms with Crippen molar-refractivity contribution in [1.29, 1.82) is 0 Å². The van der Waals surface area contributed by atoms with E-state index in [1.807, 2.05) is 117 Å². The number of nitrogens with one attached hydrogen (secondary N) is 3. The molecule has 1 amide bonds. The number of amides is 1. The summed E-state index contributed by atoms with van der Waals surface area (Å²) >= 11 is 0. The fourth-order valence-corrected chi connectivity index (χ4v) is 5.20. The van der Waals surface area contributed by atoms with E-state index >= 15 is 0 Å². The Hall–Kier alpha value is -4.76. The van der Waals surface area contributed by atoms with Gasteiger partial charge in [0, 0.05) is 60.8 Å². The molecule has 224 valence electrons. The first-order chi connectivity index (χ1) is 20.9. The lowest BCUT2D eigenvalue weighted by atomic mass is 10.1. The fraction of sp³-hybridized carbons (Fsp3) is 0.206. The summed E-state index contributed by atoms with van der Waals surface area (Å²) in [6, 6.07) is 22.5. The number of aromatic nitrogens is 2. The maximum absolute atomic E-state index is 12.7. The second-order valence-electron chi connectivity index (χ2n) is 9.37. The van der Waals surface area contributed by atoms with Crippen LogP contribution in [0.4, 0.5) is 11.4 Å². The number of hydrogen-bond donors (Lipinski definition) is 3. The third kappa shape index (κ3) is 9.93. The van der Waals surface area contributed by atoms with Gasteiger partial charge >= 0.3 is 0 Å². The van der Waals surface area contributed by atoms with Crippen molar-refractivity contribution in [3.63, 3.8) is 0 Å². The van der Waals surface area contributed by atoms with Crippen LogP contribution in [-0.2, 0) is 11.0 Å². The molecule has 9 heteroatoms. The number of carbonyl (C=O) groups excluding carboxylic acids is 1. The van der Waals surface area contributed by atoms with Gasteiger partial charge in [0.15, 0.2) is 0 Å². The third-order valence-corrected chi connectivity index (χ3v) is 7.84. The molecule has 3 N–H and O–H groups in total. The first-order valence-electron chi connectivity index (χ1n) is 14.1. The normalized spacial score (nSPS) is 14.0. The number of pyridine rings is 2. The number of likely N-dealkylation sites (N-methyl/N-ethyl adjacent to an activating group) is 1. The van der Waals surface area contributed by atoms with E-state index in [9.17, 15) is 9.00 Å². The minimum absolute atomic E-state index is 0.193. The lowest BCUT2D eigenvalue weighted by Crippen LogP contribution is -2.19. The molecule has 5 rings (SSSR count). The van der Waals surface area contributed by atoms with E-state index < -0.39 is 11.0 Å². The van der Waals surface area contributed by atoms with Crippen LogP contribution in [0.5, 0.6) is 0 Å². The average molecular weight is 597 g/mol. The van der Waals surface area contributed by atoms with Gasteiger partial charge in [-0.1, -0.05) is 30.9 Å². The minimum Gasteiger partial charge on any atom is -0.394 e. The van der Waals surface area contributed by atoms with Crippen molar-refractivity contribution in [2.75, 3.05) is 36.0 Å². The molecule has 3 heterocycles. The summed E-state index contributed by atoms with van der Waals surface area (Å²) in [5, 5.41) is 8.68. The predicted octanol–water partition coefficient (Wildman–Crippen LogP) is 6.46. The lowest BCUT2D eigenvalue weighted by molar-refractivity contribution is 0.102. The lowest BCUT2D eigenvalue weighted by Gasteiger charge is -2.16. The second kappa shape index (κ2) is 17.3. The van der Waals surface area contributed by atoms with Crippen LogP contribution in [0.1, 0.15) is 30.6 Å². The highest BCUT2D eigenvalue weighted by atomic mass is 32.2. The van der Waals surface area contributed by atoms with Crippen LogP contribution in [-0.4, -0.2) is 46.5 Å². The number of anilines is 2. The monoisotopic (exact) mass is 596 g/mol. The Morgan fingerprint density at radius 3 is 2.40 bits per heavy atom. The third-order valence-electron chi connectivity index (χ3n) is 6.32. The van der Waals surface area contributed by atoms with E-state index in [0.29, 0.717) is 17.0 Å². The molecule has 1 saturated heterocycles. The van der Waals surface area contributed by atoms with Crippen LogP contribution in [0.2, 0.25) is 0 Å². The predicted molar refractivity (Wildman–Crippen MR) is 181 cm³/mol. The molecule has 4 aromatic rings. The van der Waals surface area contributed by atoms with Gasteiger partial charge in [-0.15, -0.1) is 0 Å². The molecule has 43 heavy (non-hydrogen) atoms. The van der Waals surface area contributed by atoms with E-state index in [-0.39, 0.29) is 5.91 Å². The molecule has 0 aliphatic carbocycles. The summed E-state index contributed by atoms with van der Waals surface area (Å²) in [7, 11) is 2.71. The zero-order chi connectivity index (χ0) is 31.0. The van der Waals surface area contributed by atoms with Crippen LogP contribution >= 0.6 is 0 Å². The van der Waals surface area contributed by atoms with Crippen LogP contribution < -0.4 is 20.3 Å². The molecule has 1 atom stereocenters. The highest BCUT2D eigenvalue weighted by Gasteiger charge is 2.20. The zero-order valence-corrected chi connectivity index (χ0v) is 26.0. The SMILES string of the molecule is C/C=C\C.C=C(/C=C\NC)NC.O=C(Nc1cccc(-c2ccc3ncccc3n2)c1)c1ccc(N2CCCS2=O)cc1. The Labute approximate surface area is 257 Å². The summed E-state index contributed by atoms with van der Waals surface area (Å²) < 4.78 is 13.9. The van der Waals surface area contributed by atoms with Crippen molar-refractivity contribution in [3.05, 3.63) is 121 Å². The van der Waals surface area contributed by atoms with Crippen LogP contribution in [0.15, 0.2) is 116 Å². The second-order valence-corrected chi connectivity index (χ2v) is 10.9. The summed E-state index contributed by atoms with van der Waals surface area (Å²) in [5.74, 6) is 0.503. The Kier molecular flexibility index (Phi) is 13.1. The van der Waals surface area contributed by atoms with Gasteiger partial charge < -0.3 is 16.0 Å². The van der Waals surface area contributed by atoms with Gasteiger partial charge in [-0.3, -0.25) is 14.1 Å². The summed E-state index contributed by atoms with van der Waals surface area (Å²) in [6.45, 7) is 8.45. The molecule has 1 fully saturated rings. The molecule has 0 spiro atoms. The van der Waals surface area contributed by atoms with Crippen LogP contribution in [0.25, 0.3) is 22.3 Å². The van der Waals surface area contributed by atoms with Crippen molar-refractivity contribution < 1.29 is 9.00 Å². The molecule has 0 saturated carbocycles. The standard InChI is InChI=1S/C24H20N4O2S.C6H12N2.C4H8/c29-24(17-7-9-20(10-8-17)28-14-3-15-31(28)30)26-19-5-1-4-18(16-19)21-11-12-22-23(27-21)6-2-13-25-22;1-6(8-3)4-5-7-2;1-3-4-2/h1-2,4-13,16H,3,14-15H2,(H,26,29);4-5,7-8H,1H2,2-3H3;3-4H,1-2H3/b;5-4-;4-3-. The molecule has 1 unspecified atom stereocenters. The molecular formula is C34H40N6O2S. The van der Waals surface area contributed by atoms with E-state index in [0.717, 1.165) is 46.6 Å². The van der Waals surface area contributed by atoms with Crippen molar-refractivity contribution in [1.82, 2.24) is 20.6 Å². The van der Waals surface area contributed by atoms with Crippen molar-refractivity contribution >= 4 is 39.3 Å². The van der Waals surface area contributed by atoms with Gasteiger partial charge in [0.1, 0.15) is 11.0 Å². The molecule has 2 aromatic heterocycles. The van der Waals surface area contributed by atoms with Gasteiger partial charge in [-0.2, -0.15) is 0 Å². The Bertz CT molecular complexity index is 1580. The maximum atomic E-state index is 12.7. The maximum Gasteiger partial charge on any atom is 0.255 e. The van der Waals surface area contributed by atoms with Crippen molar-refractivity contribution in [3.8, 4) is 11.3 Å². The average Bonchev–Trinajstić information content (AvgIpc) is 3.49. The smallest absolute Gasteiger partial charge is 0.255 e. The number of carbonyl (C=O) groups is 1. The number of hydrogen-bond acceptors (Lipinski definition) is 6. The van der Waals surface area contributed by atoms with Crippen LogP contribution in [0, 0.1) is 0 Å². The van der Waals surface area contributed by atoms with Gasteiger partial charge in [0.2, 0.25) is 0 Å². The molecular weight excluding hydrogens is 556 g/mol. The van der Waals surface area contributed by atoms with Gasteiger partial charge in [0.25, 0.3) is 5.91 Å². The summed E-state index contributed by atoms with van der Waals surface area (Å²) in [6.07, 6.45) is 10.4.